The maximum atomic E-state index is 12.6. The van der Waals surface area contributed by atoms with Crippen molar-refractivity contribution in [3.05, 3.63) is 28.8 Å². The average molecular weight is 296 g/mol. The number of hydrogen-bond donors (Lipinski definition) is 1. The van der Waals surface area contributed by atoms with E-state index in [9.17, 15) is 13.2 Å². The monoisotopic (exact) mass is 295 g/mol. The molecule has 18 heavy (non-hydrogen) atoms. The molecule has 1 fully saturated rings. The van der Waals surface area contributed by atoms with Crippen molar-refractivity contribution in [2.75, 3.05) is 16.8 Å². The largest absolute Gasteiger partial charge is 0.416 e. The minimum atomic E-state index is -4.33. The number of anilines is 1. The second-order valence-corrected chi connectivity index (χ2v) is 5.81. The highest BCUT2D eigenvalue weighted by Crippen LogP contribution is 2.34. The van der Waals surface area contributed by atoms with Crippen molar-refractivity contribution < 1.29 is 13.2 Å². The molecule has 1 aromatic rings. The average Bonchev–Trinajstić information content (AvgIpc) is 2.32. The second kappa shape index (κ2) is 5.61. The van der Waals surface area contributed by atoms with Crippen molar-refractivity contribution in [2.45, 2.75) is 25.1 Å². The molecule has 0 aromatic heterocycles. The molecule has 1 aliphatic heterocycles. The SMILES string of the molecule is FC(F)(F)c1ccc(Cl)c(NC2CCCSC2)c1. The third kappa shape index (κ3) is 3.48. The van der Waals surface area contributed by atoms with Crippen LogP contribution in [0.25, 0.3) is 0 Å². The first-order chi connectivity index (χ1) is 8.47. The summed E-state index contributed by atoms with van der Waals surface area (Å²) in [7, 11) is 0. The molecule has 1 aromatic carbocycles. The van der Waals surface area contributed by atoms with Crippen LogP contribution in [0.2, 0.25) is 5.02 Å². The van der Waals surface area contributed by atoms with Crippen molar-refractivity contribution in [3.8, 4) is 0 Å². The smallest absolute Gasteiger partial charge is 0.380 e. The van der Waals surface area contributed by atoms with Crippen molar-refractivity contribution in [1.82, 2.24) is 0 Å². The molecule has 1 nitrogen and oxygen atoms in total. The molecule has 0 aliphatic carbocycles. The number of alkyl halides is 3. The summed E-state index contributed by atoms with van der Waals surface area (Å²) in [5, 5.41) is 3.44. The Morgan fingerprint density at radius 3 is 2.72 bits per heavy atom. The molecule has 1 heterocycles. The first-order valence-corrected chi connectivity index (χ1v) is 7.21. The zero-order valence-corrected chi connectivity index (χ0v) is 11.1. The summed E-state index contributed by atoms with van der Waals surface area (Å²) in [5.74, 6) is 2.03. The number of nitrogens with one attached hydrogen (secondary N) is 1. The van der Waals surface area contributed by atoms with E-state index in [2.05, 4.69) is 5.32 Å². The minimum Gasteiger partial charge on any atom is -0.380 e. The van der Waals surface area contributed by atoms with E-state index in [0.29, 0.717) is 10.7 Å². The van der Waals surface area contributed by atoms with E-state index < -0.39 is 11.7 Å². The Labute approximate surface area is 113 Å². The van der Waals surface area contributed by atoms with Crippen molar-refractivity contribution >= 4 is 29.1 Å². The van der Waals surface area contributed by atoms with Crippen LogP contribution >= 0.6 is 23.4 Å². The summed E-state index contributed by atoms with van der Waals surface area (Å²) < 4.78 is 37.8. The van der Waals surface area contributed by atoms with Crippen LogP contribution in [0.15, 0.2) is 18.2 Å². The van der Waals surface area contributed by atoms with E-state index in [-0.39, 0.29) is 6.04 Å². The molecular formula is C12H13ClF3NS. The first kappa shape index (κ1) is 13.9. The Kier molecular flexibility index (Phi) is 4.33. The Morgan fingerprint density at radius 1 is 1.33 bits per heavy atom. The van der Waals surface area contributed by atoms with E-state index in [1.165, 1.54) is 6.07 Å². The first-order valence-electron chi connectivity index (χ1n) is 5.68. The number of halogens is 4. The summed E-state index contributed by atoms with van der Waals surface area (Å²) in [6.07, 6.45) is -2.28. The Morgan fingerprint density at radius 2 is 2.11 bits per heavy atom. The van der Waals surface area contributed by atoms with Gasteiger partial charge < -0.3 is 5.32 Å². The van der Waals surface area contributed by atoms with Crippen LogP contribution in [0, 0.1) is 0 Å². The van der Waals surface area contributed by atoms with Gasteiger partial charge in [0.05, 0.1) is 16.3 Å². The predicted octanol–water partition coefficient (Wildman–Crippen LogP) is 4.67. The molecule has 1 atom stereocenters. The maximum Gasteiger partial charge on any atom is 0.416 e. The Hall–Kier alpha value is -0.550. The molecule has 0 amide bonds. The summed E-state index contributed by atoms with van der Waals surface area (Å²) in [6.45, 7) is 0. The topological polar surface area (TPSA) is 12.0 Å². The van der Waals surface area contributed by atoms with Gasteiger partial charge in [-0.1, -0.05) is 11.6 Å². The fourth-order valence-electron chi connectivity index (χ4n) is 1.89. The number of thioether (sulfide) groups is 1. The van der Waals surface area contributed by atoms with Crippen molar-refractivity contribution in [2.24, 2.45) is 0 Å². The van der Waals surface area contributed by atoms with Crippen LogP contribution in [0.4, 0.5) is 18.9 Å². The van der Waals surface area contributed by atoms with Gasteiger partial charge in [-0.2, -0.15) is 24.9 Å². The van der Waals surface area contributed by atoms with Gasteiger partial charge in [-0.15, -0.1) is 0 Å². The molecule has 0 spiro atoms. The van der Waals surface area contributed by atoms with Gasteiger partial charge in [0.25, 0.3) is 0 Å². The third-order valence-corrected chi connectivity index (χ3v) is 4.36. The molecule has 1 aliphatic rings. The standard InChI is InChI=1S/C12H13ClF3NS/c13-10-4-3-8(12(14,15)16)6-11(10)17-9-2-1-5-18-7-9/h3-4,6,9,17H,1-2,5,7H2. The van der Waals surface area contributed by atoms with E-state index in [1.54, 1.807) is 0 Å². The normalized spacial score (nSPS) is 20.8. The fourth-order valence-corrected chi connectivity index (χ4v) is 3.13. The highest BCUT2D eigenvalue weighted by atomic mass is 35.5. The summed E-state index contributed by atoms with van der Waals surface area (Å²) in [4.78, 5) is 0. The summed E-state index contributed by atoms with van der Waals surface area (Å²) in [5.41, 5.74) is -0.295. The molecule has 6 heteroatoms. The molecular weight excluding hydrogens is 283 g/mol. The van der Waals surface area contributed by atoms with Gasteiger partial charge in [0.2, 0.25) is 0 Å². The molecule has 1 saturated heterocycles. The Balaban J connectivity index is 2.15. The highest BCUT2D eigenvalue weighted by molar-refractivity contribution is 7.99. The number of rotatable bonds is 2. The Bertz CT molecular complexity index is 416. The van der Waals surface area contributed by atoms with Gasteiger partial charge in [0.1, 0.15) is 0 Å². The number of hydrogen-bond acceptors (Lipinski definition) is 2. The van der Waals surface area contributed by atoms with Gasteiger partial charge in [-0.3, -0.25) is 0 Å². The lowest BCUT2D eigenvalue weighted by Gasteiger charge is -2.24. The van der Waals surface area contributed by atoms with Gasteiger partial charge in [0, 0.05) is 11.8 Å². The molecule has 2 rings (SSSR count). The van der Waals surface area contributed by atoms with Crippen LogP contribution in [-0.4, -0.2) is 17.5 Å². The fraction of sp³-hybridized carbons (Fsp3) is 0.500. The lowest BCUT2D eigenvalue weighted by molar-refractivity contribution is -0.137. The molecule has 0 radical (unpaired) electrons. The van der Waals surface area contributed by atoms with Gasteiger partial charge in [-0.25, -0.2) is 0 Å². The van der Waals surface area contributed by atoms with E-state index in [0.717, 1.165) is 36.5 Å². The quantitative estimate of drug-likeness (QED) is 0.851. The van der Waals surface area contributed by atoms with Crippen molar-refractivity contribution in [1.29, 1.82) is 0 Å². The van der Waals surface area contributed by atoms with Crippen LogP contribution in [0.5, 0.6) is 0 Å². The molecule has 1 unspecified atom stereocenters. The van der Waals surface area contributed by atoms with E-state index in [1.807, 2.05) is 11.8 Å². The molecule has 1 N–H and O–H groups in total. The zero-order valence-electron chi connectivity index (χ0n) is 9.56. The molecule has 0 bridgehead atoms. The molecule has 0 saturated carbocycles. The maximum absolute atomic E-state index is 12.6. The molecule has 100 valence electrons. The van der Waals surface area contributed by atoms with Gasteiger partial charge in [-0.05, 0) is 36.8 Å². The van der Waals surface area contributed by atoms with Crippen molar-refractivity contribution in [3.63, 3.8) is 0 Å². The number of benzene rings is 1. The second-order valence-electron chi connectivity index (χ2n) is 4.25. The zero-order chi connectivity index (χ0) is 13.2. The van der Waals surface area contributed by atoms with Gasteiger partial charge >= 0.3 is 6.18 Å². The minimum absolute atomic E-state index is 0.199. The van der Waals surface area contributed by atoms with Crippen LogP contribution in [0.3, 0.4) is 0 Å². The van der Waals surface area contributed by atoms with E-state index in [4.69, 9.17) is 11.6 Å². The van der Waals surface area contributed by atoms with Crippen LogP contribution < -0.4 is 5.32 Å². The lowest BCUT2D eigenvalue weighted by Crippen LogP contribution is -2.26. The third-order valence-electron chi connectivity index (χ3n) is 2.81. The van der Waals surface area contributed by atoms with Crippen LogP contribution in [-0.2, 0) is 6.18 Å². The lowest BCUT2D eigenvalue weighted by atomic mass is 10.1. The summed E-state index contributed by atoms with van der Waals surface area (Å²) in [6, 6.07) is 3.58. The van der Waals surface area contributed by atoms with Gasteiger partial charge in [0.15, 0.2) is 0 Å². The highest BCUT2D eigenvalue weighted by Gasteiger charge is 2.31. The van der Waals surface area contributed by atoms with Crippen LogP contribution in [0.1, 0.15) is 18.4 Å². The predicted molar refractivity (Wildman–Crippen MR) is 70.4 cm³/mol. The van der Waals surface area contributed by atoms with E-state index >= 15 is 0 Å². The summed E-state index contributed by atoms with van der Waals surface area (Å²) >= 11 is 7.74.